The van der Waals surface area contributed by atoms with Crippen molar-refractivity contribution in [3.63, 3.8) is 0 Å². The Bertz CT molecular complexity index is 812. The molecule has 28 heavy (non-hydrogen) atoms. The first-order valence-corrected chi connectivity index (χ1v) is 9.98. The third-order valence-electron chi connectivity index (χ3n) is 6.43. The fourth-order valence-corrected chi connectivity index (χ4v) is 4.86. The van der Waals surface area contributed by atoms with E-state index in [9.17, 15) is 18.3 Å². The summed E-state index contributed by atoms with van der Waals surface area (Å²) in [4.78, 5) is 5.95. The lowest BCUT2D eigenvalue weighted by molar-refractivity contribution is -0.137. The summed E-state index contributed by atoms with van der Waals surface area (Å²) in [5, 5.41) is 10.6. The van der Waals surface area contributed by atoms with Crippen molar-refractivity contribution >= 4 is 11.4 Å². The van der Waals surface area contributed by atoms with Gasteiger partial charge in [0.05, 0.1) is 11.7 Å². The van der Waals surface area contributed by atoms with Gasteiger partial charge in [-0.3, -0.25) is 0 Å². The summed E-state index contributed by atoms with van der Waals surface area (Å²) in [5.41, 5.74) is 6.69. The summed E-state index contributed by atoms with van der Waals surface area (Å²) in [5.74, 6) is 0.840. The predicted molar refractivity (Wildman–Crippen MR) is 102 cm³/mol. The summed E-state index contributed by atoms with van der Waals surface area (Å²) in [6, 6.07) is 1.41. The van der Waals surface area contributed by atoms with Crippen LogP contribution in [0.1, 0.15) is 56.6 Å². The molecule has 2 heterocycles. The summed E-state index contributed by atoms with van der Waals surface area (Å²) in [6.07, 6.45) is 5.69. The van der Waals surface area contributed by atoms with E-state index in [1.165, 1.54) is 19.0 Å². The van der Waals surface area contributed by atoms with Crippen LogP contribution in [0, 0.1) is 11.8 Å². The zero-order valence-electron chi connectivity index (χ0n) is 15.9. The van der Waals surface area contributed by atoms with Crippen molar-refractivity contribution < 1.29 is 18.3 Å². The van der Waals surface area contributed by atoms with Gasteiger partial charge in [0.2, 0.25) is 0 Å². The number of rotatable bonds is 4. The average molecular weight is 393 g/mol. The molecule has 1 aliphatic heterocycles. The van der Waals surface area contributed by atoms with Crippen molar-refractivity contribution in [2.24, 2.45) is 11.8 Å². The van der Waals surface area contributed by atoms with Gasteiger partial charge in [0.1, 0.15) is 5.82 Å². The van der Waals surface area contributed by atoms with Gasteiger partial charge in [0.15, 0.2) is 0 Å². The molecule has 3 saturated carbocycles. The van der Waals surface area contributed by atoms with Crippen molar-refractivity contribution in [3.8, 4) is 0 Å². The van der Waals surface area contributed by atoms with Crippen LogP contribution in [0.2, 0.25) is 0 Å². The van der Waals surface area contributed by atoms with Gasteiger partial charge in [-0.1, -0.05) is 13.0 Å². The molecule has 0 spiro atoms. The van der Waals surface area contributed by atoms with E-state index in [-0.39, 0.29) is 0 Å². The molecule has 3 fully saturated rings. The Labute approximate surface area is 162 Å². The van der Waals surface area contributed by atoms with Crippen molar-refractivity contribution in [2.45, 2.75) is 63.8 Å². The minimum Gasteiger partial charge on any atom is -0.387 e. The number of hydrogen-bond acceptors (Lipinski definition) is 4. The number of nitrogens with zero attached hydrogens (tertiary/aromatic N) is 2. The Balaban J connectivity index is 1.72. The van der Waals surface area contributed by atoms with E-state index in [4.69, 9.17) is 5.73 Å². The molecule has 5 rings (SSSR count). The third kappa shape index (κ3) is 3.41. The second kappa shape index (κ2) is 7.10. The molecule has 2 atom stereocenters. The van der Waals surface area contributed by atoms with Crippen LogP contribution in [0.4, 0.5) is 19.0 Å². The van der Waals surface area contributed by atoms with Crippen LogP contribution in [0.3, 0.4) is 0 Å². The Hall–Kier alpha value is -2.02. The average Bonchev–Trinajstić information content (AvgIpc) is 3.15. The minimum atomic E-state index is -4.54. The van der Waals surface area contributed by atoms with Gasteiger partial charge in [-0.15, -0.1) is 0 Å². The highest BCUT2D eigenvalue weighted by atomic mass is 19.4. The summed E-state index contributed by atoms with van der Waals surface area (Å²) in [6.45, 7) is 1.94. The lowest BCUT2D eigenvalue weighted by atomic mass is 9.83. The number of alkyl halides is 3. The largest absolute Gasteiger partial charge is 0.419 e. The van der Waals surface area contributed by atoms with Crippen LogP contribution in [0.25, 0.3) is 5.57 Å². The summed E-state index contributed by atoms with van der Waals surface area (Å²) in [7, 11) is 0. The second-order valence-corrected chi connectivity index (χ2v) is 8.21. The zero-order valence-corrected chi connectivity index (χ0v) is 15.9. The molecule has 0 amide bonds. The summed E-state index contributed by atoms with van der Waals surface area (Å²) >= 11 is 0. The molecule has 3 aliphatic carbocycles. The fourth-order valence-electron chi connectivity index (χ4n) is 4.86. The van der Waals surface area contributed by atoms with Gasteiger partial charge in [0.25, 0.3) is 0 Å². The molecule has 1 aromatic heterocycles. The standard InChI is InChI=1S/C21H26F3N3O/c1-2-19(28)17-5-3-4-13(11-27(17)18-8-12-6-14(18)7-12)15-9-16(21(22,23)24)20(25)26-10-15/h5,9-12,14,18-19,28H,2-4,6-8H2,1H3,(H2,25,26)/t12?,14?,18-,19?/m0/s1. The molecule has 4 aliphatic rings. The Morgan fingerprint density at radius 2 is 2.07 bits per heavy atom. The molecular formula is C21H26F3N3O. The van der Waals surface area contributed by atoms with Gasteiger partial charge in [0, 0.05) is 24.1 Å². The Morgan fingerprint density at radius 1 is 1.32 bits per heavy atom. The maximum atomic E-state index is 13.3. The van der Waals surface area contributed by atoms with Crippen molar-refractivity contribution in [1.82, 2.24) is 9.88 Å². The maximum absolute atomic E-state index is 13.3. The number of aromatic nitrogens is 1. The van der Waals surface area contributed by atoms with Gasteiger partial charge in [-0.05, 0) is 67.6 Å². The molecule has 1 unspecified atom stereocenters. The quantitative estimate of drug-likeness (QED) is 0.787. The normalized spacial score (nSPS) is 28.3. The first-order chi connectivity index (χ1) is 13.3. The number of fused-ring (bicyclic) bond motifs is 1. The number of nitrogens with two attached hydrogens (primary N) is 1. The number of aliphatic hydroxyl groups is 1. The van der Waals surface area contributed by atoms with E-state index in [0.717, 1.165) is 29.7 Å². The number of anilines is 1. The van der Waals surface area contributed by atoms with Gasteiger partial charge in [-0.25, -0.2) is 4.98 Å². The van der Waals surface area contributed by atoms with Gasteiger partial charge < -0.3 is 15.7 Å². The van der Waals surface area contributed by atoms with E-state index < -0.39 is 23.7 Å². The topological polar surface area (TPSA) is 62.4 Å². The molecule has 3 N–H and O–H groups in total. The molecule has 0 radical (unpaired) electrons. The van der Waals surface area contributed by atoms with E-state index in [1.54, 1.807) is 0 Å². The predicted octanol–water partition coefficient (Wildman–Crippen LogP) is 4.57. The van der Waals surface area contributed by atoms with E-state index in [2.05, 4.69) is 9.88 Å². The van der Waals surface area contributed by atoms with Crippen molar-refractivity contribution in [1.29, 1.82) is 0 Å². The maximum Gasteiger partial charge on any atom is 0.419 e. The number of pyridine rings is 1. The highest BCUT2D eigenvalue weighted by Gasteiger charge is 2.47. The van der Waals surface area contributed by atoms with Crippen LogP contribution in [0.15, 0.2) is 30.2 Å². The van der Waals surface area contributed by atoms with Gasteiger partial charge >= 0.3 is 6.18 Å². The highest BCUT2D eigenvalue weighted by Crippen LogP contribution is 2.52. The summed E-state index contributed by atoms with van der Waals surface area (Å²) < 4.78 is 39.8. The first-order valence-electron chi connectivity index (χ1n) is 9.98. The Kier molecular flexibility index (Phi) is 4.89. The van der Waals surface area contributed by atoms with Crippen molar-refractivity contribution in [2.75, 3.05) is 5.73 Å². The molecule has 152 valence electrons. The molecule has 2 bridgehead atoms. The molecule has 4 nitrogen and oxygen atoms in total. The van der Waals surface area contributed by atoms with E-state index in [1.807, 2.05) is 19.2 Å². The zero-order chi connectivity index (χ0) is 20.1. The number of nitrogen functional groups attached to an aromatic ring is 1. The number of hydrogen-bond donors (Lipinski definition) is 2. The molecule has 0 saturated heterocycles. The van der Waals surface area contributed by atoms with Crippen molar-refractivity contribution in [3.05, 3.63) is 41.4 Å². The van der Waals surface area contributed by atoms with Crippen LogP contribution in [0.5, 0.6) is 0 Å². The third-order valence-corrected chi connectivity index (χ3v) is 6.43. The Morgan fingerprint density at radius 3 is 2.68 bits per heavy atom. The first kappa shape index (κ1) is 19.3. The minimum absolute atomic E-state index is 0.314. The van der Waals surface area contributed by atoms with E-state index in [0.29, 0.717) is 36.8 Å². The monoisotopic (exact) mass is 393 g/mol. The lowest BCUT2D eigenvalue weighted by Crippen LogP contribution is -2.36. The number of halogens is 3. The number of aliphatic hydroxyl groups excluding tert-OH is 1. The van der Waals surface area contributed by atoms with Gasteiger partial charge in [-0.2, -0.15) is 13.2 Å². The number of allylic oxidation sites excluding steroid dienone is 2. The van der Waals surface area contributed by atoms with Crippen LogP contribution in [-0.2, 0) is 6.18 Å². The molecule has 0 aromatic carbocycles. The van der Waals surface area contributed by atoms with E-state index >= 15 is 0 Å². The second-order valence-electron chi connectivity index (χ2n) is 8.21. The highest BCUT2D eigenvalue weighted by molar-refractivity contribution is 5.67. The lowest BCUT2D eigenvalue weighted by Gasteiger charge is -2.35. The SMILES string of the molecule is CCC(O)C1=CCCC(c2cnc(N)c(C(F)(F)F)c2)=CN1[C@H]1CC2CC1C2. The molecule has 7 heteroatoms. The molecular weight excluding hydrogens is 367 g/mol. The van der Waals surface area contributed by atoms with Crippen LogP contribution < -0.4 is 5.73 Å². The van der Waals surface area contributed by atoms with Crippen LogP contribution in [-0.4, -0.2) is 27.1 Å². The van der Waals surface area contributed by atoms with Crippen LogP contribution >= 0.6 is 0 Å². The smallest absolute Gasteiger partial charge is 0.387 e. The molecule has 1 aromatic rings. The fraction of sp³-hybridized carbons (Fsp3) is 0.571.